The highest BCUT2D eigenvalue weighted by Crippen LogP contribution is 2.08. The molecule has 1 aliphatic rings. The lowest BCUT2D eigenvalue weighted by atomic mass is 10.1. The molecule has 0 unspecified atom stereocenters. The van der Waals surface area contributed by atoms with Crippen molar-refractivity contribution < 1.29 is 0 Å². The largest absolute Gasteiger partial charge is 0.313 e. The first-order chi connectivity index (χ1) is 8.86. The monoisotopic (exact) mass is 246 g/mol. The molecule has 1 heterocycles. The Morgan fingerprint density at radius 1 is 1.11 bits per heavy atom. The molecule has 1 saturated heterocycles. The molecule has 100 valence electrons. The Morgan fingerprint density at radius 3 is 2.67 bits per heavy atom. The summed E-state index contributed by atoms with van der Waals surface area (Å²) in [5, 5.41) is 3.55. The van der Waals surface area contributed by atoms with Gasteiger partial charge in [0.15, 0.2) is 0 Å². The lowest BCUT2D eigenvalue weighted by Crippen LogP contribution is -2.22. The molecule has 0 amide bonds. The van der Waals surface area contributed by atoms with Crippen molar-refractivity contribution in [1.82, 2.24) is 10.2 Å². The van der Waals surface area contributed by atoms with Gasteiger partial charge < -0.3 is 10.2 Å². The SMILES string of the molecule is Cc1ccccc1CNCCCCN1CCCC1. The van der Waals surface area contributed by atoms with Crippen molar-refractivity contribution in [3.8, 4) is 0 Å². The van der Waals surface area contributed by atoms with Gasteiger partial charge in [0.2, 0.25) is 0 Å². The van der Waals surface area contributed by atoms with E-state index in [1.807, 2.05) is 0 Å². The molecule has 2 nitrogen and oxygen atoms in total. The minimum Gasteiger partial charge on any atom is -0.313 e. The molecule has 2 rings (SSSR count). The third kappa shape index (κ3) is 4.43. The van der Waals surface area contributed by atoms with E-state index in [0.29, 0.717) is 0 Å². The second-order valence-corrected chi connectivity index (χ2v) is 5.36. The summed E-state index contributed by atoms with van der Waals surface area (Å²) in [7, 11) is 0. The van der Waals surface area contributed by atoms with E-state index in [2.05, 4.69) is 41.4 Å². The molecular weight excluding hydrogens is 220 g/mol. The van der Waals surface area contributed by atoms with Crippen molar-refractivity contribution >= 4 is 0 Å². The zero-order valence-corrected chi connectivity index (χ0v) is 11.6. The number of nitrogens with one attached hydrogen (secondary N) is 1. The Kier molecular flexibility index (Phi) is 5.69. The molecule has 0 atom stereocenters. The van der Waals surface area contributed by atoms with E-state index in [9.17, 15) is 0 Å². The molecular formula is C16H26N2. The van der Waals surface area contributed by atoms with Gasteiger partial charge in [-0.15, -0.1) is 0 Å². The summed E-state index contributed by atoms with van der Waals surface area (Å²) in [6.07, 6.45) is 5.44. The van der Waals surface area contributed by atoms with Gasteiger partial charge in [-0.3, -0.25) is 0 Å². The van der Waals surface area contributed by atoms with Crippen LogP contribution in [0, 0.1) is 6.92 Å². The van der Waals surface area contributed by atoms with Gasteiger partial charge >= 0.3 is 0 Å². The first-order valence-corrected chi connectivity index (χ1v) is 7.34. The van der Waals surface area contributed by atoms with Crippen molar-refractivity contribution in [3.63, 3.8) is 0 Å². The summed E-state index contributed by atoms with van der Waals surface area (Å²) in [6, 6.07) is 8.63. The lowest BCUT2D eigenvalue weighted by molar-refractivity contribution is 0.329. The molecule has 0 spiro atoms. The van der Waals surface area contributed by atoms with Gasteiger partial charge in [0.25, 0.3) is 0 Å². The Bertz CT molecular complexity index is 343. The maximum atomic E-state index is 3.55. The van der Waals surface area contributed by atoms with E-state index >= 15 is 0 Å². The number of likely N-dealkylation sites (tertiary alicyclic amines) is 1. The Morgan fingerprint density at radius 2 is 1.89 bits per heavy atom. The van der Waals surface area contributed by atoms with Crippen LogP contribution >= 0.6 is 0 Å². The van der Waals surface area contributed by atoms with Crippen molar-refractivity contribution in [3.05, 3.63) is 35.4 Å². The zero-order valence-electron chi connectivity index (χ0n) is 11.6. The molecule has 1 aromatic rings. The predicted octanol–water partition coefficient (Wildman–Crippen LogP) is 2.96. The summed E-state index contributed by atoms with van der Waals surface area (Å²) >= 11 is 0. The molecule has 18 heavy (non-hydrogen) atoms. The quantitative estimate of drug-likeness (QED) is 0.744. The van der Waals surface area contributed by atoms with E-state index in [0.717, 1.165) is 13.1 Å². The van der Waals surface area contributed by atoms with Crippen LogP contribution in [0.3, 0.4) is 0 Å². The first kappa shape index (κ1) is 13.6. The zero-order chi connectivity index (χ0) is 12.6. The third-order valence-corrected chi connectivity index (χ3v) is 3.85. The van der Waals surface area contributed by atoms with Crippen LogP contribution in [0.1, 0.15) is 36.8 Å². The van der Waals surface area contributed by atoms with Crippen LogP contribution in [0.5, 0.6) is 0 Å². The Hall–Kier alpha value is -0.860. The van der Waals surface area contributed by atoms with Crippen molar-refractivity contribution in [2.75, 3.05) is 26.2 Å². The second-order valence-electron chi connectivity index (χ2n) is 5.36. The Labute approximate surface area is 111 Å². The minimum absolute atomic E-state index is 1.01. The van der Waals surface area contributed by atoms with Gasteiger partial charge in [-0.05, 0) is 69.9 Å². The van der Waals surface area contributed by atoms with Gasteiger partial charge in [0, 0.05) is 6.54 Å². The molecule has 1 aromatic carbocycles. The van der Waals surface area contributed by atoms with Gasteiger partial charge in [-0.25, -0.2) is 0 Å². The van der Waals surface area contributed by atoms with Gasteiger partial charge in [-0.1, -0.05) is 24.3 Å². The van der Waals surface area contributed by atoms with Crippen LogP contribution < -0.4 is 5.32 Å². The lowest BCUT2D eigenvalue weighted by Gasteiger charge is -2.14. The van der Waals surface area contributed by atoms with Crippen LogP contribution in [-0.4, -0.2) is 31.1 Å². The number of hydrogen-bond donors (Lipinski definition) is 1. The summed E-state index contributed by atoms with van der Waals surface area (Å²) < 4.78 is 0. The van der Waals surface area contributed by atoms with Gasteiger partial charge in [-0.2, -0.15) is 0 Å². The first-order valence-electron chi connectivity index (χ1n) is 7.34. The fraction of sp³-hybridized carbons (Fsp3) is 0.625. The molecule has 0 radical (unpaired) electrons. The standard InChI is InChI=1S/C16H26N2/c1-15-8-2-3-9-16(15)14-17-10-4-5-11-18-12-6-7-13-18/h2-3,8-9,17H,4-7,10-14H2,1H3. The van der Waals surface area contributed by atoms with E-state index < -0.39 is 0 Å². The highest BCUT2D eigenvalue weighted by Gasteiger charge is 2.09. The summed E-state index contributed by atoms with van der Waals surface area (Å²) in [5.74, 6) is 0. The third-order valence-electron chi connectivity index (χ3n) is 3.85. The fourth-order valence-electron chi connectivity index (χ4n) is 2.62. The number of benzene rings is 1. The molecule has 1 N–H and O–H groups in total. The van der Waals surface area contributed by atoms with Crippen LogP contribution in [-0.2, 0) is 6.54 Å². The molecule has 1 aliphatic heterocycles. The van der Waals surface area contributed by atoms with Crippen LogP contribution in [0.15, 0.2) is 24.3 Å². The van der Waals surface area contributed by atoms with E-state index in [-0.39, 0.29) is 0 Å². The number of hydrogen-bond acceptors (Lipinski definition) is 2. The van der Waals surface area contributed by atoms with Gasteiger partial charge in [0.05, 0.1) is 0 Å². The maximum absolute atomic E-state index is 3.55. The number of unbranched alkanes of at least 4 members (excludes halogenated alkanes) is 1. The molecule has 0 bridgehead atoms. The highest BCUT2D eigenvalue weighted by atomic mass is 15.1. The molecule has 1 fully saturated rings. The molecule has 2 heteroatoms. The summed E-state index contributed by atoms with van der Waals surface area (Å²) in [6.45, 7) is 8.29. The van der Waals surface area contributed by atoms with Gasteiger partial charge in [0.1, 0.15) is 0 Å². The van der Waals surface area contributed by atoms with E-state index in [1.54, 1.807) is 0 Å². The molecule has 0 aromatic heterocycles. The summed E-state index contributed by atoms with van der Waals surface area (Å²) in [4.78, 5) is 2.60. The smallest absolute Gasteiger partial charge is 0.0208 e. The van der Waals surface area contributed by atoms with Crippen LogP contribution in [0.4, 0.5) is 0 Å². The highest BCUT2D eigenvalue weighted by molar-refractivity contribution is 5.25. The minimum atomic E-state index is 1.01. The average Bonchev–Trinajstić information content (AvgIpc) is 2.89. The molecule has 0 aliphatic carbocycles. The number of nitrogens with zero attached hydrogens (tertiary/aromatic N) is 1. The topological polar surface area (TPSA) is 15.3 Å². The van der Waals surface area contributed by atoms with Crippen LogP contribution in [0.25, 0.3) is 0 Å². The van der Waals surface area contributed by atoms with Crippen molar-refractivity contribution in [2.24, 2.45) is 0 Å². The van der Waals surface area contributed by atoms with Crippen LogP contribution in [0.2, 0.25) is 0 Å². The van der Waals surface area contributed by atoms with Crippen molar-refractivity contribution in [1.29, 1.82) is 0 Å². The predicted molar refractivity (Wildman–Crippen MR) is 77.8 cm³/mol. The van der Waals surface area contributed by atoms with E-state index in [1.165, 1.54) is 56.4 Å². The summed E-state index contributed by atoms with van der Waals surface area (Å²) in [5.41, 5.74) is 2.82. The Balaban J connectivity index is 1.52. The normalized spacial score (nSPS) is 16.3. The van der Waals surface area contributed by atoms with E-state index in [4.69, 9.17) is 0 Å². The second kappa shape index (κ2) is 7.55. The maximum Gasteiger partial charge on any atom is 0.0208 e. The average molecular weight is 246 g/mol. The number of rotatable bonds is 7. The van der Waals surface area contributed by atoms with Crippen molar-refractivity contribution in [2.45, 2.75) is 39.2 Å². The molecule has 0 saturated carbocycles. The fourth-order valence-corrected chi connectivity index (χ4v) is 2.62. The number of aryl methyl sites for hydroxylation is 1.